The molecule has 0 atom stereocenters. The highest BCUT2D eigenvalue weighted by Crippen LogP contribution is 2.18. The van der Waals surface area contributed by atoms with E-state index in [4.69, 9.17) is 0 Å². The summed E-state index contributed by atoms with van der Waals surface area (Å²) >= 11 is 2.27. The number of aryl methyl sites for hydroxylation is 1. The fraction of sp³-hybridized carbons (Fsp3) is 0.167. The van der Waals surface area contributed by atoms with Gasteiger partial charge in [0, 0.05) is 0 Å². The first-order valence-corrected chi connectivity index (χ1v) is 5.52. The first kappa shape index (κ1) is 10.5. The highest BCUT2D eigenvalue weighted by Gasteiger charge is 1.95. The van der Waals surface area contributed by atoms with Crippen LogP contribution >= 0.6 is 22.6 Å². The molecule has 68 valence electrons. The molecule has 0 aliphatic heterocycles. The van der Waals surface area contributed by atoms with Crippen molar-refractivity contribution in [3.8, 4) is 0 Å². The van der Waals surface area contributed by atoms with E-state index in [0.717, 1.165) is 0 Å². The molecule has 0 aliphatic carbocycles. The first-order valence-electron chi connectivity index (χ1n) is 4.28. The zero-order valence-electron chi connectivity index (χ0n) is 7.92. The van der Waals surface area contributed by atoms with E-state index in [-0.39, 0.29) is 0 Å². The van der Waals surface area contributed by atoms with Crippen molar-refractivity contribution in [2.45, 2.75) is 13.8 Å². The fourth-order valence-corrected chi connectivity index (χ4v) is 1.69. The summed E-state index contributed by atoms with van der Waals surface area (Å²) in [5.74, 6) is 0. The highest BCUT2D eigenvalue weighted by atomic mass is 127. The largest absolute Gasteiger partial charge is 0.0870 e. The molecule has 0 bridgehead atoms. The molecule has 0 amide bonds. The van der Waals surface area contributed by atoms with Gasteiger partial charge in [0.25, 0.3) is 0 Å². The lowest BCUT2D eigenvalue weighted by Crippen LogP contribution is -1.79. The van der Waals surface area contributed by atoms with Gasteiger partial charge in [-0.3, -0.25) is 0 Å². The Morgan fingerprint density at radius 2 is 1.85 bits per heavy atom. The Morgan fingerprint density at radius 3 is 2.31 bits per heavy atom. The molecule has 0 radical (unpaired) electrons. The molecule has 1 rings (SSSR count). The second-order valence-electron chi connectivity index (χ2n) is 2.93. The number of hydrogen-bond donors (Lipinski definition) is 0. The lowest BCUT2D eigenvalue weighted by Gasteiger charge is -2.01. The Balaban J connectivity index is 3.00. The third-order valence-corrected chi connectivity index (χ3v) is 2.52. The molecule has 0 nitrogen and oxygen atoms in total. The molecule has 1 aromatic carbocycles. The van der Waals surface area contributed by atoms with Crippen LogP contribution in [-0.4, -0.2) is 0 Å². The quantitative estimate of drug-likeness (QED) is 0.559. The van der Waals surface area contributed by atoms with Crippen molar-refractivity contribution >= 4 is 28.2 Å². The zero-order valence-corrected chi connectivity index (χ0v) is 10.1. The van der Waals surface area contributed by atoms with E-state index < -0.39 is 0 Å². The number of halogens is 1. The van der Waals surface area contributed by atoms with Crippen molar-refractivity contribution in [2.75, 3.05) is 0 Å². The highest BCUT2D eigenvalue weighted by molar-refractivity contribution is 14.1. The van der Waals surface area contributed by atoms with Crippen LogP contribution in [0.3, 0.4) is 0 Å². The predicted octanol–water partition coefficient (Wildman–Crippen LogP) is 4.35. The fourth-order valence-electron chi connectivity index (χ4n) is 1.12. The van der Waals surface area contributed by atoms with E-state index in [9.17, 15) is 0 Å². The molecule has 0 saturated heterocycles. The van der Waals surface area contributed by atoms with Gasteiger partial charge in [0.05, 0.1) is 0 Å². The van der Waals surface area contributed by atoms with E-state index in [0.29, 0.717) is 0 Å². The molecule has 0 spiro atoms. The minimum atomic E-state index is 1.27. The van der Waals surface area contributed by atoms with Crippen LogP contribution in [0.1, 0.15) is 18.1 Å². The first-order chi connectivity index (χ1) is 6.27. The molecule has 13 heavy (non-hydrogen) atoms. The van der Waals surface area contributed by atoms with Gasteiger partial charge in [-0.25, -0.2) is 0 Å². The Hall–Kier alpha value is -0.570. The van der Waals surface area contributed by atoms with Crippen LogP contribution in [0.4, 0.5) is 0 Å². The van der Waals surface area contributed by atoms with Crippen LogP contribution in [0.2, 0.25) is 0 Å². The summed E-state index contributed by atoms with van der Waals surface area (Å²) in [6.07, 6.45) is 4.18. The average molecular weight is 284 g/mol. The van der Waals surface area contributed by atoms with E-state index in [2.05, 4.69) is 70.0 Å². The van der Waals surface area contributed by atoms with Crippen LogP contribution in [-0.2, 0) is 0 Å². The predicted molar refractivity (Wildman–Crippen MR) is 68.0 cm³/mol. The van der Waals surface area contributed by atoms with Crippen LogP contribution in [0.5, 0.6) is 0 Å². The Morgan fingerprint density at radius 1 is 1.23 bits per heavy atom. The number of hydrogen-bond acceptors (Lipinski definition) is 0. The second kappa shape index (κ2) is 5.22. The van der Waals surface area contributed by atoms with Crippen molar-refractivity contribution in [1.29, 1.82) is 0 Å². The van der Waals surface area contributed by atoms with Gasteiger partial charge < -0.3 is 0 Å². The van der Waals surface area contributed by atoms with E-state index in [1.54, 1.807) is 0 Å². The molecular formula is C12H13I. The normalized spacial score (nSPS) is 12.4. The summed E-state index contributed by atoms with van der Waals surface area (Å²) in [5, 5.41) is 0. The van der Waals surface area contributed by atoms with Gasteiger partial charge in [-0.05, 0) is 29.1 Å². The van der Waals surface area contributed by atoms with Gasteiger partial charge in [0.2, 0.25) is 0 Å². The van der Waals surface area contributed by atoms with Crippen molar-refractivity contribution in [3.63, 3.8) is 0 Å². The van der Waals surface area contributed by atoms with Crippen molar-refractivity contribution < 1.29 is 0 Å². The SMILES string of the molecule is C/C=C\C(=C/I)c1ccc(C)cc1. The topological polar surface area (TPSA) is 0 Å². The molecule has 0 aliphatic rings. The van der Waals surface area contributed by atoms with Crippen LogP contribution in [0.25, 0.3) is 5.57 Å². The smallest absolute Gasteiger partial charge is 0.0127 e. The molecular weight excluding hydrogens is 271 g/mol. The third kappa shape index (κ3) is 2.99. The van der Waals surface area contributed by atoms with Gasteiger partial charge in [0.15, 0.2) is 0 Å². The number of benzene rings is 1. The van der Waals surface area contributed by atoms with Crippen molar-refractivity contribution in [3.05, 3.63) is 51.6 Å². The van der Waals surface area contributed by atoms with Crippen LogP contribution < -0.4 is 0 Å². The van der Waals surface area contributed by atoms with E-state index in [1.165, 1.54) is 16.7 Å². The lowest BCUT2D eigenvalue weighted by molar-refractivity contribution is 1.46. The summed E-state index contributed by atoms with van der Waals surface area (Å²) < 4.78 is 2.10. The molecule has 0 heterocycles. The lowest BCUT2D eigenvalue weighted by atomic mass is 10.1. The molecule has 1 heteroatoms. The Bertz CT molecular complexity index is 317. The molecule has 0 saturated carbocycles. The molecule has 0 unspecified atom stereocenters. The average Bonchev–Trinajstić information content (AvgIpc) is 2.16. The zero-order chi connectivity index (χ0) is 9.68. The second-order valence-corrected chi connectivity index (χ2v) is 3.55. The summed E-state index contributed by atoms with van der Waals surface area (Å²) in [7, 11) is 0. The summed E-state index contributed by atoms with van der Waals surface area (Å²) in [4.78, 5) is 0. The van der Waals surface area contributed by atoms with Crippen LogP contribution in [0, 0.1) is 6.92 Å². The number of rotatable bonds is 2. The molecule has 0 fully saturated rings. The molecule has 0 aromatic heterocycles. The van der Waals surface area contributed by atoms with E-state index in [1.807, 2.05) is 6.92 Å². The van der Waals surface area contributed by atoms with Gasteiger partial charge in [0.1, 0.15) is 0 Å². The standard InChI is InChI=1S/C12H13I/c1-3-4-12(9-13)11-7-5-10(2)6-8-11/h3-9H,1-2H3/b4-3-,12-9+. The van der Waals surface area contributed by atoms with Gasteiger partial charge >= 0.3 is 0 Å². The summed E-state index contributed by atoms with van der Waals surface area (Å²) in [6.45, 7) is 4.14. The maximum atomic E-state index is 2.27. The summed E-state index contributed by atoms with van der Waals surface area (Å²) in [5.41, 5.74) is 3.85. The Labute approximate surface area is 93.5 Å². The third-order valence-electron chi connectivity index (χ3n) is 1.85. The molecule has 1 aromatic rings. The maximum absolute atomic E-state index is 2.27. The van der Waals surface area contributed by atoms with Gasteiger partial charge in [-0.1, -0.05) is 64.6 Å². The monoisotopic (exact) mass is 284 g/mol. The summed E-state index contributed by atoms with van der Waals surface area (Å²) in [6, 6.07) is 8.58. The maximum Gasteiger partial charge on any atom is -0.0127 e. The van der Waals surface area contributed by atoms with Crippen molar-refractivity contribution in [2.24, 2.45) is 0 Å². The Kier molecular flexibility index (Phi) is 4.22. The molecule has 0 N–H and O–H groups in total. The minimum absolute atomic E-state index is 1.27. The minimum Gasteiger partial charge on any atom is -0.0870 e. The number of allylic oxidation sites excluding steroid dienone is 3. The van der Waals surface area contributed by atoms with Crippen LogP contribution in [0.15, 0.2) is 40.5 Å². The van der Waals surface area contributed by atoms with Crippen molar-refractivity contribution in [1.82, 2.24) is 0 Å². The van der Waals surface area contributed by atoms with Gasteiger partial charge in [-0.15, -0.1) is 0 Å². The van der Waals surface area contributed by atoms with Gasteiger partial charge in [-0.2, -0.15) is 0 Å². The van der Waals surface area contributed by atoms with E-state index >= 15 is 0 Å².